The molecule has 0 aromatic heterocycles. The average molecular weight is 404 g/mol. The molecule has 3 rings (SSSR count). The molecule has 1 amide bonds. The zero-order chi connectivity index (χ0) is 20.5. The molecule has 0 saturated heterocycles. The molecule has 28 heavy (non-hydrogen) atoms. The van der Waals surface area contributed by atoms with Crippen LogP contribution in [0.5, 0.6) is 5.75 Å². The van der Waals surface area contributed by atoms with Crippen LogP contribution in [0.3, 0.4) is 0 Å². The normalized spacial score (nSPS) is 16.3. The maximum atomic E-state index is 12.7. The van der Waals surface area contributed by atoms with Crippen LogP contribution < -0.4 is 10.1 Å². The number of carbonyl (C=O) groups is 2. The van der Waals surface area contributed by atoms with Gasteiger partial charge in [0.2, 0.25) is 10.0 Å². The first-order chi connectivity index (χ1) is 13.2. The van der Waals surface area contributed by atoms with E-state index >= 15 is 0 Å². The summed E-state index contributed by atoms with van der Waals surface area (Å²) >= 11 is 0. The van der Waals surface area contributed by atoms with Gasteiger partial charge in [0.05, 0.1) is 23.3 Å². The number of carbonyl (C=O) groups excluding carboxylic acids is 2. The molecule has 1 atom stereocenters. The first kappa shape index (κ1) is 19.8. The first-order valence-corrected chi connectivity index (χ1v) is 9.88. The van der Waals surface area contributed by atoms with Crippen LogP contribution in [0.2, 0.25) is 0 Å². The third-order valence-corrected chi connectivity index (χ3v) is 6.20. The minimum absolute atomic E-state index is 0.000385. The van der Waals surface area contributed by atoms with Gasteiger partial charge < -0.3 is 14.8 Å². The molecular weight excluding hydrogens is 384 g/mol. The number of esters is 1. The van der Waals surface area contributed by atoms with Gasteiger partial charge in [0.15, 0.2) is 6.10 Å². The highest BCUT2D eigenvalue weighted by atomic mass is 32.2. The van der Waals surface area contributed by atoms with E-state index in [1.807, 2.05) is 0 Å². The third-order valence-electron chi connectivity index (χ3n) is 4.39. The van der Waals surface area contributed by atoms with Crippen molar-refractivity contribution < 1.29 is 27.5 Å². The van der Waals surface area contributed by atoms with Crippen molar-refractivity contribution in [1.82, 2.24) is 4.31 Å². The Balaban J connectivity index is 1.87. The number of rotatable bonds is 5. The van der Waals surface area contributed by atoms with Gasteiger partial charge in [-0.2, -0.15) is 0 Å². The van der Waals surface area contributed by atoms with Crippen molar-refractivity contribution in [2.24, 2.45) is 0 Å². The van der Waals surface area contributed by atoms with E-state index in [9.17, 15) is 18.0 Å². The molecule has 0 unspecified atom stereocenters. The van der Waals surface area contributed by atoms with E-state index in [0.29, 0.717) is 5.56 Å². The number of fused-ring (bicyclic) bond motifs is 1. The number of benzene rings is 2. The molecule has 2 aromatic rings. The predicted octanol–water partition coefficient (Wildman–Crippen LogP) is 1.67. The Morgan fingerprint density at radius 3 is 2.61 bits per heavy atom. The summed E-state index contributed by atoms with van der Waals surface area (Å²) in [6.45, 7) is 0. The Bertz CT molecular complexity index is 1030. The van der Waals surface area contributed by atoms with Gasteiger partial charge in [-0.3, -0.25) is 4.79 Å². The number of anilines is 1. The van der Waals surface area contributed by atoms with E-state index in [0.717, 1.165) is 9.87 Å². The van der Waals surface area contributed by atoms with Gasteiger partial charge in [0.1, 0.15) is 5.75 Å². The van der Waals surface area contributed by atoms with Crippen molar-refractivity contribution in [1.29, 1.82) is 0 Å². The van der Waals surface area contributed by atoms with Gasteiger partial charge >= 0.3 is 5.97 Å². The molecule has 1 N–H and O–H groups in total. The summed E-state index contributed by atoms with van der Waals surface area (Å²) in [7, 11) is 0.539. The van der Waals surface area contributed by atoms with Gasteiger partial charge in [-0.15, -0.1) is 0 Å². The zero-order valence-corrected chi connectivity index (χ0v) is 16.4. The second kappa shape index (κ2) is 7.61. The number of cyclic esters (lactones) is 1. The van der Waals surface area contributed by atoms with E-state index in [2.05, 4.69) is 5.32 Å². The fourth-order valence-corrected chi connectivity index (χ4v) is 3.78. The maximum absolute atomic E-state index is 12.7. The Labute approximate surface area is 163 Å². The summed E-state index contributed by atoms with van der Waals surface area (Å²) in [4.78, 5) is 24.8. The zero-order valence-electron chi connectivity index (χ0n) is 15.6. The van der Waals surface area contributed by atoms with E-state index in [1.54, 1.807) is 24.3 Å². The highest BCUT2D eigenvalue weighted by molar-refractivity contribution is 7.89. The highest BCUT2D eigenvalue weighted by Crippen LogP contribution is 2.29. The quantitative estimate of drug-likeness (QED) is 0.761. The lowest BCUT2D eigenvalue weighted by molar-refractivity contribution is -0.125. The smallest absolute Gasteiger partial charge is 0.339 e. The van der Waals surface area contributed by atoms with Crippen molar-refractivity contribution in [2.75, 3.05) is 26.5 Å². The monoisotopic (exact) mass is 404 g/mol. The summed E-state index contributed by atoms with van der Waals surface area (Å²) in [6, 6.07) is 11.1. The predicted molar refractivity (Wildman–Crippen MR) is 102 cm³/mol. The maximum Gasteiger partial charge on any atom is 0.339 e. The SMILES string of the molecule is COc1ccc(S(=O)(=O)N(C)C)cc1NC(=O)[C@@H]1Cc2ccccc2C(=O)O1. The molecule has 0 radical (unpaired) electrons. The van der Waals surface area contributed by atoms with Gasteiger partial charge in [0, 0.05) is 20.5 Å². The molecule has 0 saturated carbocycles. The number of hydrogen-bond acceptors (Lipinski definition) is 6. The Kier molecular flexibility index (Phi) is 5.39. The minimum Gasteiger partial charge on any atom is -0.495 e. The Morgan fingerprint density at radius 1 is 1.21 bits per heavy atom. The number of methoxy groups -OCH3 is 1. The van der Waals surface area contributed by atoms with Crippen LogP contribution in [-0.4, -0.2) is 51.9 Å². The van der Waals surface area contributed by atoms with Gasteiger partial charge in [-0.25, -0.2) is 17.5 Å². The number of sulfonamides is 1. The standard InChI is InChI=1S/C19H20N2O6S/c1-21(2)28(24,25)13-8-9-16(26-3)15(11-13)20-18(22)17-10-12-6-4-5-7-14(12)19(23)27-17/h4-9,11,17H,10H2,1-3H3,(H,20,22)/t17-/m0/s1. The van der Waals surface area contributed by atoms with Crippen LogP contribution in [0.1, 0.15) is 15.9 Å². The van der Waals surface area contributed by atoms with E-state index in [1.165, 1.54) is 39.4 Å². The van der Waals surface area contributed by atoms with Crippen LogP contribution in [0.25, 0.3) is 0 Å². The second-order valence-corrected chi connectivity index (χ2v) is 8.55. The van der Waals surface area contributed by atoms with Crippen LogP contribution in [0.4, 0.5) is 5.69 Å². The molecule has 0 aliphatic carbocycles. The first-order valence-electron chi connectivity index (χ1n) is 8.44. The number of nitrogens with one attached hydrogen (secondary N) is 1. The molecule has 148 valence electrons. The number of nitrogens with zero attached hydrogens (tertiary/aromatic N) is 1. The van der Waals surface area contributed by atoms with Gasteiger partial charge in [0.25, 0.3) is 5.91 Å². The molecule has 0 fully saturated rings. The molecule has 1 heterocycles. The summed E-state index contributed by atoms with van der Waals surface area (Å²) < 4.78 is 36.2. The van der Waals surface area contributed by atoms with Crippen molar-refractivity contribution in [3.8, 4) is 5.75 Å². The molecule has 2 aromatic carbocycles. The molecule has 0 bridgehead atoms. The molecular formula is C19H20N2O6S. The average Bonchev–Trinajstić information content (AvgIpc) is 2.67. The minimum atomic E-state index is -3.69. The summed E-state index contributed by atoms with van der Waals surface area (Å²) in [5.74, 6) is -0.855. The highest BCUT2D eigenvalue weighted by Gasteiger charge is 2.31. The summed E-state index contributed by atoms with van der Waals surface area (Å²) in [5, 5.41) is 2.61. The largest absolute Gasteiger partial charge is 0.495 e. The van der Waals surface area contributed by atoms with Crippen LogP contribution in [-0.2, 0) is 26.0 Å². The third kappa shape index (κ3) is 3.71. The van der Waals surface area contributed by atoms with E-state index in [4.69, 9.17) is 9.47 Å². The Morgan fingerprint density at radius 2 is 1.93 bits per heavy atom. The topological polar surface area (TPSA) is 102 Å². The number of hydrogen-bond donors (Lipinski definition) is 1. The Hall–Kier alpha value is -2.91. The molecule has 8 nitrogen and oxygen atoms in total. The molecule has 1 aliphatic rings. The number of ether oxygens (including phenoxy) is 2. The van der Waals surface area contributed by atoms with Crippen molar-refractivity contribution in [3.63, 3.8) is 0 Å². The summed E-state index contributed by atoms with van der Waals surface area (Å²) in [5.41, 5.74) is 1.32. The lowest BCUT2D eigenvalue weighted by Crippen LogP contribution is -2.38. The fraction of sp³-hybridized carbons (Fsp3) is 0.263. The lowest BCUT2D eigenvalue weighted by atomic mass is 9.98. The summed E-state index contributed by atoms with van der Waals surface area (Å²) in [6.07, 6.45) is -0.799. The van der Waals surface area contributed by atoms with Crippen LogP contribution in [0, 0.1) is 0 Å². The molecule has 0 spiro atoms. The van der Waals surface area contributed by atoms with E-state index < -0.39 is 28.0 Å². The van der Waals surface area contributed by atoms with Crippen LogP contribution in [0.15, 0.2) is 47.4 Å². The van der Waals surface area contributed by atoms with Crippen molar-refractivity contribution >= 4 is 27.6 Å². The molecule has 9 heteroatoms. The van der Waals surface area contributed by atoms with Crippen LogP contribution >= 0.6 is 0 Å². The fourth-order valence-electron chi connectivity index (χ4n) is 2.85. The number of amides is 1. The second-order valence-electron chi connectivity index (χ2n) is 6.39. The molecule has 1 aliphatic heterocycles. The van der Waals surface area contributed by atoms with Gasteiger partial charge in [-0.05, 0) is 29.8 Å². The van der Waals surface area contributed by atoms with Crippen molar-refractivity contribution in [2.45, 2.75) is 17.4 Å². The lowest BCUT2D eigenvalue weighted by Gasteiger charge is -2.24. The van der Waals surface area contributed by atoms with E-state index in [-0.39, 0.29) is 22.8 Å². The van der Waals surface area contributed by atoms with Gasteiger partial charge in [-0.1, -0.05) is 18.2 Å². The van der Waals surface area contributed by atoms with Crippen molar-refractivity contribution in [3.05, 3.63) is 53.6 Å².